The van der Waals surface area contributed by atoms with Crippen LogP contribution in [-0.2, 0) is 9.84 Å². The van der Waals surface area contributed by atoms with Gasteiger partial charge in [-0.15, -0.1) is 0 Å². The maximum atomic E-state index is 12.3. The highest BCUT2D eigenvalue weighted by Gasteiger charge is 2.17. The lowest BCUT2D eigenvalue weighted by Gasteiger charge is -2.12. The van der Waals surface area contributed by atoms with E-state index in [1.54, 1.807) is 18.2 Å². The second-order valence-electron chi connectivity index (χ2n) is 6.53. The molecule has 0 saturated carbocycles. The fourth-order valence-electron chi connectivity index (χ4n) is 2.84. The zero-order valence-corrected chi connectivity index (χ0v) is 15.9. The van der Waals surface area contributed by atoms with E-state index in [0.29, 0.717) is 5.56 Å². The first-order valence-electron chi connectivity index (χ1n) is 8.84. The van der Waals surface area contributed by atoms with Gasteiger partial charge in [-0.2, -0.15) is 0 Å². The van der Waals surface area contributed by atoms with Crippen LogP contribution in [0.15, 0.2) is 71.9 Å². The molecule has 0 unspecified atom stereocenters. The summed E-state index contributed by atoms with van der Waals surface area (Å²) in [5, 5.41) is 3.29. The van der Waals surface area contributed by atoms with Crippen molar-refractivity contribution in [3.63, 3.8) is 0 Å². The summed E-state index contributed by atoms with van der Waals surface area (Å²) in [4.78, 5) is 16.3. The van der Waals surface area contributed by atoms with Gasteiger partial charge >= 0.3 is 6.85 Å². The molecule has 0 atom stereocenters. The second-order valence-corrected chi connectivity index (χ2v) is 8.59. The number of aromatic nitrogens is 1. The van der Waals surface area contributed by atoms with Crippen molar-refractivity contribution < 1.29 is 13.2 Å². The van der Waals surface area contributed by atoms with E-state index < -0.39 is 9.84 Å². The van der Waals surface area contributed by atoms with Crippen LogP contribution >= 0.6 is 0 Å². The highest BCUT2D eigenvalue weighted by Crippen LogP contribution is 2.12. The van der Waals surface area contributed by atoms with Crippen molar-refractivity contribution in [3.05, 3.63) is 78.0 Å². The van der Waals surface area contributed by atoms with Crippen LogP contribution in [0.1, 0.15) is 28.8 Å². The number of aryl methyl sites for hydroxylation is 1. The Morgan fingerprint density at radius 2 is 1.89 bits per heavy atom. The number of nitrogens with one attached hydrogen (secondary N) is 1. The van der Waals surface area contributed by atoms with E-state index in [1.165, 1.54) is 12.3 Å². The minimum atomic E-state index is -3.46. The zero-order valence-electron chi connectivity index (χ0n) is 15.1. The Balaban J connectivity index is 1.55. The SMILES string of the molecule is Cc1ccc(S(=O)(=O)CCCC(=O)c2ccc(B3C=CC=CN3)cc2)nc1. The van der Waals surface area contributed by atoms with Crippen molar-refractivity contribution in [3.8, 4) is 0 Å². The quantitative estimate of drug-likeness (QED) is 0.589. The standard InChI is InChI=1S/C20H21BN2O3S/c1-16-6-11-20(22-15-16)27(25,26)14-4-5-19(24)17-7-9-18(10-8-17)21-12-2-3-13-23-21/h2-3,6-13,15,23H,4-5,14H2,1H3. The van der Waals surface area contributed by atoms with Crippen LogP contribution < -0.4 is 10.7 Å². The number of sulfone groups is 1. The first-order valence-corrected chi connectivity index (χ1v) is 10.5. The third-order valence-electron chi connectivity index (χ3n) is 4.40. The zero-order chi connectivity index (χ0) is 19.3. The van der Waals surface area contributed by atoms with Gasteiger partial charge < -0.3 is 5.23 Å². The molecule has 1 aromatic heterocycles. The van der Waals surface area contributed by atoms with Crippen LogP contribution in [0.25, 0.3) is 0 Å². The van der Waals surface area contributed by atoms with Crippen LogP contribution in [0, 0.1) is 6.92 Å². The molecule has 0 bridgehead atoms. The van der Waals surface area contributed by atoms with Gasteiger partial charge in [0.15, 0.2) is 20.6 Å². The lowest BCUT2D eigenvalue weighted by Crippen LogP contribution is -2.41. The molecule has 0 saturated heterocycles. The topological polar surface area (TPSA) is 76.1 Å². The molecule has 0 fully saturated rings. The maximum absolute atomic E-state index is 12.3. The molecule has 0 aliphatic carbocycles. The average Bonchev–Trinajstić information content (AvgIpc) is 2.69. The predicted molar refractivity (Wildman–Crippen MR) is 108 cm³/mol. The third kappa shape index (κ3) is 4.95. The van der Waals surface area contributed by atoms with Gasteiger partial charge in [0, 0.05) is 18.2 Å². The molecule has 0 amide bonds. The van der Waals surface area contributed by atoms with Crippen molar-refractivity contribution >= 4 is 27.9 Å². The number of benzene rings is 1. The summed E-state index contributed by atoms with van der Waals surface area (Å²) in [5.74, 6) is 1.90. The van der Waals surface area contributed by atoms with Gasteiger partial charge in [0.05, 0.1) is 5.75 Å². The summed E-state index contributed by atoms with van der Waals surface area (Å²) in [6.07, 6.45) is 7.78. The van der Waals surface area contributed by atoms with E-state index >= 15 is 0 Å². The van der Waals surface area contributed by atoms with Crippen molar-refractivity contribution in [1.29, 1.82) is 0 Å². The van der Waals surface area contributed by atoms with Crippen LogP contribution in [0.3, 0.4) is 0 Å². The van der Waals surface area contributed by atoms with Crippen molar-refractivity contribution in [2.24, 2.45) is 0 Å². The van der Waals surface area contributed by atoms with Gasteiger partial charge in [-0.3, -0.25) is 4.79 Å². The molecule has 5 nitrogen and oxygen atoms in total. The molecule has 2 aromatic rings. The van der Waals surface area contributed by atoms with Crippen LogP contribution in [-0.4, -0.2) is 31.8 Å². The van der Waals surface area contributed by atoms with E-state index in [9.17, 15) is 13.2 Å². The minimum Gasteiger partial charge on any atom is -0.427 e. The predicted octanol–water partition coefficient (Wildman–Crippen LogP) is 2.24. The molecule has 0 spiro atoms. The van der Waals surface area contributed by atoms with Gasteiger partial charge in [-0.1, -0.05) is 47.8 Å². The Labute approximate surface area is 160 Å². The molecule has 1 aliphatic rings. The largest absolute Gasteiger partial charge is 0.427 e. The van der Waals surface area contributed by atoms with Gasteiger partial charge in [0.2, 0.25) is 0 Å². The van der Waals surface area contributed by atoms with Gasteiger partial charge in [-0.25, -0.2) is 13.4 Å². The third-order valence-corrected chi connectivity index (χ3v) is 6.10. The number of rotatable bonds is 7. The summed E-state index contributed by atoms with van der Waals surface area (Å²) < 4.78 is 24.6. The number of allylic oxidation sites excluding steroid dienone is 2. The average molecular weight is 380 g/mol. The van der Waals surface area contributed by atoms with Crippen molar-refractivity contribution in [2.45, 2.75) is 24.8 Å². The minimum absolute atomic E-state index is 0.0549. The Bertz CT molecular complexity index is 965. The molecule has 0 radical (unpaired) electrons. The van der Waals surface area contributed by atoms with Crippen molar-refractivity contribution in [1.82, 2.24) is 10.2 Å². The number of hydrogen-bond acceptors (Lipinski definition) is 5. The number of pyridine rings is 1. The lowest BCUT2D eigenvalue weighted by molar-refractivity contribution is 0.0982. The molecule has 1 N–H and O–H groups in total. The molecular weight excluding hydrogens is 359 g/mol. The van der Waals surface area contributed by atoms with Gasteiger partial charge in [0.25, 0.3) is 0 Å². The number of ketones is 1. The van der Waals surface area contributed by atoms with Crippen LogP contribution in [0.4, 0.5) is 0 Å². The van der Waals surface area contributed by atoms with Crippen LogP contribution in [0.2, 0.25) is 0 Å². The molecule has 1 aliphatic heterocycles. The van der Waals surface area contributed by atoms with Crippen LogP contribution in [0.5, 0.6) is 0 Å². The molecule has 27 heavy (non-hydrogen) atoms. The smallest absolute Gasteiger partial charge is 0.312 e. The molecule has 7 heteroatoms. The number of carbonyl (C=O) groups is 1. The summed E-state index contributed by atoms with van der Waals surface area (Å²) in [6.45, 7) is 1.95. The Morgan fingerprint density at radius 1 is 1.11 bits per heavy atom. The summed E-state index contributed by atoms with van der Waals surface area (Å²) in [7, 11) is -3.46. The fraction of sp³-hybridized carbons (Fsp3) is 0.200. The summed E-state index contributed by atoms with van der Waals surface area (Å²) in [6, 6.07) is 10.7. The van der Waals surface area contributed by atoms with E-state index in [2.05, 4.69) is 10.2 Å². The Hall–Kier alpha value is -2.67. The second kappa shape index (κ2) is 8.35. The van der Waals surface area contributed by atoms with E-state index in [0.717, 1.165) is 11.0 Å². The summed E-state index contributed by atoms with van der Waals surface area (Å²) >= 11 is 0. The normalized spacial score (nSPS) is 13.4. The number of carbonyl (C=O) groups excluding carboxylic acids is 1. The fourth-order valence-corrected chi connectivity index (χ4v) is 4.06. The monoisotopic (exact) mass is 380 g/mol. The number of nitrogens with zero attached hydrogens (tertiary/aromatic N) is 1. The van der Waals surface area contributed by atoms with Gasteiger partial charge in [-0.05, 0) is 37.3 Å². The molecule has 2 heterocycles. The molecular formula is C20H21BN2O3S. The van der Waals surface area contributed by atoms with E-state index in [1.807, 2.05) is 43.4 Å². The Kier molecular flexibility index (Phi) is 5.91. The Morgan fingerprint density at radius 3 is 2.52 bits per heavy atom. The molecule has 3 rings (SSSR count). The van der Waals surface area contributed by atoms with E-state index in [-0.39, 0.29) is 36.3 Å². The molecule has 138 valence electrons. The highest BCUT2D eigenvalue weighted by molar-refractivity contribution is 7.91. The first kappa shape index (κ1) is 19.1. The van der Waals surface area contributed by atoms with Crippen molar-refractivity contribution in [2.75, 3.05) is 5.75 Å². The molecule has 1 aromatic carbocycles. The van der Waals surface area contributed by atoms with E-state index in [4.69, 9.17) is 0 Å². The maximum Gasteiger partial charge on any atom is 0.312 e. The number of hydrogen-bond donors (Lipinski definition) is 1. The lowest BCUT2D eigenvalue weighted by atomic mass is 9.55. The van der Waals surface area contributed by atoms with Gasteiger partial charge in [0.1, 0.15) is 0 Å². The first-order chi connectivity index (χ1) is 13.0. The summed E-state index contributed by atoms with van der Waals surface area (Å²) in [5.41, 5.74) is 2.57. The number of Topliss-reactive ketones (excluding diaryl/α,β-unsaturated/α-hetero) is 1. The highest BCUT2D eigenvalue weighted by atomic mass is 32.2.